The molecule has 0 aliphatic carbocycles. The Labute approximate surface area is 124 Å². The van der Waals surface area contributed by atoms with Crippen LogP contribution in [0.15, 0.2) is 24.3 Å². The lowest BCUT2D eigenvalue weighted by molar-refractivity contribution is 0.274. The number of ether oxygens (including phenoxy) is 1. The van der Waals surface area contributed by atoms with Crippen LogP contribution in [-0.2, 0) is 6.42 Å². The smallest absolute Gasteiger partial charge is 0.146 e. The van der Waals surface area contributed by atoms with Crippen molar-refractivity contribution in [2.75, 3.05) is 12.0 Å². The largest absolute Gasteiger partial charge is 0.493 e. The summed E-state index contributed by atoms with van der Waals surface area (Å²) >= 11 is 0. The SMILES string of the molecule is CCc1nc(C2CCOc3ccccc32)nc(NN)c1C. The molecule has 0 saturated heterocycles. The van der Waals surface area contributed by atoms with Crippen molar-refractivity contribution in [1.29, 1.82) is 0 Å². The topological polar surface area (TPSA) is 73.1 Å². The van der Waals surface area contributed by atoms with E-state index in [-0.39, 0.29) is 5.92 Å². The number of hydrazine groups is 1. The van der Waals surface area contributed by atoms with Gasteiger partial charge >= 0.3 is 0 Å². The second kappa shape index (κ2) is 5.69. The number of para-hydroxylation sites is 1. The van der Waals surface area contributed by atoms with E-state index in [1.807, 2.05) is 25.1 Å². The normalized spacial score (nSPS) is 17.0. The van der Waals surface area contributed by atoms with Crippen molar-refractivity contribution in [2.45, 2.75) is 32.6 Å². The van der Waals surface area contributed by atoms with Gasteiger partial charge in [-0.25, -0.2) is 15.8 Å². The summed E-state index contributed by atoms with van der Waals surface area (Å²) in [5, 5.41) is 0. The molecule has 1 unspecified atom stereocenters. The van der Waals surface area contributed by atoms with Gasteiger partial charge in [0.2, 0.25) is 0 Å². The van der Waals surface area contributed by atoms with Crippen molar-refractivity contribution in [3.8, 4) is 5.75 Å². The molecule has 5 nitrogen and oxygen atoms in total. The van der Waals surface area contributed by atoms with Crippen LogP contribution in [0.2, 0.25) is 0 Å². The van der Waals surface area contributed by atoms with Gasteiger partial charge in [-0.05, 0) is 25.8 Å². The van der Waals surface area contributed by atoms with Crippen LogP contribution in [0.1, 0.15) is 41.9 Å². The highest BCUT2D eigenvalue weighted by Gasteiger charge is 2.26. The molecule has 0 fully saturated rings. The number of hydrogen-bond donors (Lipinski definition) is 2. The first-order chi connectivity index (χ1) is 10.2. The highest BCUT2D eigenvalue weighted by molar-refractivity contribution is 5.47. The fourth-order valence-corrected chi connectivity index (χ4v) is 2.83. The van der Waals surface area contributed by atoms with Gasteiger partial charge in [-0.1, -0.05) is 25.1 Å². The molecule has 0 saturated carbocycles. The van der Waals surface area contributed by atoms with E-state index in [4.69, 9.17) is 15.6 Å². The molecule has 1 aliphatic rings. The summed E-state index contributed by atoms with van der Waals surface area (Å²) in [5.74, 6) is 8.22. The molecule has 1 aromatic heterocycles. The zero-order chi connectivity index (χ0) is 14.8. The third-order valence-electron chi connectivity index (χ3n) is 4.01. The molecule has 0 amide bonds. The van der Waals surface area contributed by atoms with Gasteiger partial charge in [-0.3, -0.25) is 0 Å². The summed E-state index contributed by atoms with van der Waals surface area (Å²) in [6, 6.07) is 8.10. The minimum atomic E-state index is 0.160. The Balaban J connectivity index is 2.09. The first-order valence-electron chi connectivity index (χ1n) is 7.30. The quantitative estimate of drug-likeness (QED) is 0.669. The Kier molecular flexibility index (Phi) is 3.75. The number of rotatable bonds is 3. The van der Waals surface area contributed by atoms with Crippen molar-refractivity contribution in [2.24, 2.45) is 5.84 Å². The van der Waals surface area contributed by atoms with Gasteiger partial charge in [0, 0.05) is 16.8 Å². The summed E-state index contributed by atoms with van der Waals surface area (Å²) < 4.78 is 5.72. The third kappa shape index (κ3) is 2.45. The molecule has 5 heteroatoms. The summed E-state index contributed by atoms with van der Waals surface area (Å²) in [7, 11) is 0. The Bertz CT molecular complexity index is 631. The summed E-state index contributed by atoms with van der Waals surface area (Å²) in [6.45, 7) is 4.78. The average molecular weight is 284 g/mol. The van der Waals surface area contributed by atoms with Gasteiger partial charge in [-0.2, -0.15) is 0 Å². The number of nitrogen functional groups attached to an aromatic ring is 1. The number of nitrogens with one attached hydrogen (secondary N) is 1. The van der Waals surface area contributed by atoms with Crippen molar-refractivity contribution >= 4 is 5.82 Å². The predicted octanol–water partition coefficient (Wildman–Crippen LogP) is 2.55. The number of fused-ring (bicyclic) bond motifs is 1. The second-order valence-electron chi connectivity index (χ2n) is 5.23. The number of aryl methyl sites for hydroxylation is 1. The standard InChI is InChI=1S/C16H20N4O/c1-3-13-10(2)15(20-17)19-16(18-13)12-8-9-21-14-7-5-4-6-11(12)14/h4-7,12H,3,8-9,17H2,1-2H3,(H,18,19,20). The van der Waals surface area contributed by atoms with Gasteiger partial charge in [-0.15, -0.1) is 0 Å². The fraction of sp³-hybridized carbons (Fsp3) is 0.375. The maximum absolute atomic E-state index is 5.72. The van der Waals surface area contributed by atoms with E-state index in [1.54, 1.807) is 0 Å². The zero-order valence-corrected chi connectivity index (χ0v) is 12.4. The van der Waals surface area contributed by atoms with E-state index in [2.05, 4.69) is 23.4 Å². The van der Waals surface area contributed by atoms with Crippen molar-refractivity contribution in [1.82, 2.24) is 9.97 Å². The third-order valence-corrected chi connectivity index (χ3v) is 4.01. The maximum atomic E-state index is 5.72. The van der Waals surface area contributed by atoms with Crippen LogP contribution in [0.4, 0.5) is 5.82 Å². The number of nitrogens with zero attached hydrogens (tertiary/aromatic N) is 2. The molecule has 3 N–H and O–H groups in total. The molecule has 1 aromatic carbocycles. The number of aromatic nitrogens is 2. The maximum Gasteiger partial charge on any atom is 0.146 e. The first-order valence-corrected chi connectivity index (χ1v) is 7.30. The second-order valence-corrected chi connectivity index (χ2v) is 5.23. The molecule has 0 spiro atoms. The zero-order valence-electron chi connectivity index (χ0n) is 12.4. The van der Waals surface area contributed by atoms with E-state index >= 15 is 0 Å². The molecule has 1 aliphatic heterocycles. The van der Waals surface area contributed by atoms with Crippen LogP contribution in [0, 0.1) is 6.92 Å². The van der Waals surface area contributed by atoms with E-state index < -0.39 is 0 Å². The Morgan fingerprint density at radius 1 is 1.33 bits per heavy atom. The van der Waals surface area contributed by atoms with Crippen molar-refractivity contribution in [3.63, 3.8) is 0 Å². The summed E-state index contributed by atoms with van der Waals surface area (Å²) in [4.78, 5) is 9.38. The van der Waals surface area contributed by atoms with Crippen LogP contribution in [0.25, 0.3) is 0 Å². The van der Waals surface area contributed by atoms with Crippen LogP contribution < -0.4 is 16.0 Å². The highest BCUT2D eigenvalue weighted by atomic mass is 16.5. The van der Waals surface area contributed by atoms with Gasteiger partial charge in [0.15, 0.2) is 0 Å². The molecule has 1 atom stereocenters. The van der Waals surface area contributed by atoms with E-state index in [0.29, 0.717) is 12.4 Å². The van der Waals surface area contributed by atoms with Crippen LogP contribution in [0.5, 0.6) is 5.75 Å². The van der Waals surface area contributed by atoms with E-state index in [9.17, 15) is 0 Å². The lowest BCUT2D eigenvalue weighted by Crippen LogP contribution is -2.20. The Morgan fingerprint density at radius 2 is 2.14 bits per heavy atom. The number of benzene rings is 1. The minimum Gasteiger partial charge on any atom is -0.493 e. The lowest BCUT2D eigenvalue weighted by Gasteiger charge is -2.25. The molecule has 21 heavy (non-hydrogen) atoms. The van der Waals surface area contributed by atoms with Crippen molar-refractivity contribution in [3.05, 3.63) is 46.9 Å². The van der Waals surface area contributed by atoms with E-state index in [0.717, 1.165) is 41.2 Å². The van der Waals surface area contributed by atoms with Crippen molar-refractivity contribution < 1.29 is 4.74 Å². The molecular formula is C16H20N4O. The monoisotopic (exact) mass is 284 g/mol. The molecule has 0 radical (unpaired) electrons. The Hall–Kier alpha value is -2.14. The number of hydrogen-bond acceptors (Lipinski definition) is 5. The van der Waals surface area contributed by atoms with E-state index in [1.165, 1.54) is 0 Å². The minimum absolute atomic E-state index is 0.160. The van der Waals surface area contributed by atoms with Crippen LogP contribution in [-0.4, -0.2) is 16.6 Å². The highest BCUT2D eigenvalue weighted by Crippen LogP contribution is 2.37. The number of nitrogens with two attached hydrogens (primary N) is 1. The lowest BCUT2D eigenvalue weighted by atomic mass is 9.92. The molecule has 3 rings (SSSR count). The number of anilines is 1. The summed E-state index contributed by atoms with van der Waals surface area (Å²) in [5.41, 5.74) is 5.90. The van der Waals surface area contributed by atoms with Gasteiger partial charge in [0.05, 0.1) is 12.5 Å². The molecule has 2 aromatic rings. The van der Waals surface area contributed by atoms with Gasteiger partial charge in [0.25, 0.3) is 0 Å². The van der Waals surface area contributed by atoms with Crippen LogP contribution in [0.3, 0.4) is 0 Å². The van der Waals surface area contributed by atoms with Gasteiger partial charge in [0.1, 0.15) is 17.4 Å². The Morgan fingerprint density at radius 3 is 2.90 bits per heavy atom. The van der Waals surface area contributed by atoms with Gasteiger partial charge < -0.3 is 10.2 Å². The molecule has 110 valence electrons. The van der Waals surface area contributed by atoms with Crippen LogP contribution >= 0.6 is 0 Å². The average Bonchev–Trinajstić information content (AvgIpc) is 2.54. The fourth-order valence-electron chi connectivity index (χ4n) is 2.83. The predicted molar refractivity (Wildman–Crippen MR) is 82.4 cm³/mol. The summed E-state index contributed by atoms with van der Waals surface area (Å²) in [6.07, 6.45) is 1.74. The molecule has 2 heterocycles. The molecular weight excluding hydrogens is 264 g/mol. The first kappa shape index (κ1) is 13.8. The molecule has 0 bridgehead atoms.